The lowest BCUT2D eigenvalue weighted by atomic mass is 10.00. The highest BCUT2D eigenvalue weighted by Gasteiger charge is 2.20. The maximum absolute atomic E-state index is 12.0. The van der Waals surface area contributed by atoms with Crippen molar-refractivity contribution in [1.82, 2.24) is 15.5 Å². The molecule has 0 aromatic carbocycles. The number of carbonyl (C=O) groups is 1. The molecule has 1 amide bonds. The summed E-state index contributed by atoms with van der Waals surface area (Å²) in [5.74, 6) is 0.308. The van der Waals surface area contributed by atoms with E-state index < -0.39 is 0 Å². The van der Waals surface area contributed by atoms with Gasteiger partial charge in [0.05, 0.1) is 12.6 Å². The summed E-state index contributed by atoms with van der Waals surface area (Å²) in [5.41, 5.74) is 1.31. The Morgan fingerprint density at radius 2 is 2.17 bits per heavy atom. The number of aliphatic hydroxyl groups is 1. The number of hydrogen-bond acceptors (Lipinski definition) is 3. The topological polar surface area (TPSA) is 78.0 Å². The van der Waals surface area contributed by atoms with E-state index in [2.05, 4.69) is 15.5 Å². The first-order valence-corrected chi connectivity index (χ1v) is 6.46. The van der Waals surface area contributed by atoms with Crippen molar-refractivity contribution in [2.24, 2.45) is 5.92 Å². The van der Waals surface area contributed by atoms with Crippen LogP contribution in [0.4, 0.5) is 0 Å². The monoisotopic (exact) mass is 253 g/mol. The van der Waals surface area contributed by atoms with Crippen LogP contribution in [0, 0.1) is 5.92 Å². The maximum Gasteiger partial charge on any atom is 0.272 e. The minimum Gasteiger partial charge on any atom is -0.394 e. The first kappa shape index (κ1) is 14.7. The minimum atomic E-state index is -0.238. The summed E-state index contributed by atoms with van der Waals surface area (Å²) in [6, 6.07) is 1.53. The molecule has 0 saturated carbocycles. The van der Waals surface area contributed by atoms with Gasteiger partial charge in [-0.05, 0) is 17.9 Å². The molecule has 18 heavy (non-hydrogen) atoms. The summed E-state index contributed by atoms with van der Waals surface area (Å²) < 4.78 is 0. The Kier molecular flexibility index (Phi) is 5.34. The quantitative estimate of drug-likeness (QED) is 0.721. The molecule has 2 atom stereocenters. The number of nitrogens with zero attached hydrogens (tertiary/aromatic N) is 1. The first-order chi connectivity index (χ1) is 8.49. The Balaban J connectivity index is 2.68. The van der Waals surface area contributed by atoms with Crippen molar-refractivity contribution < 1.29 is 9.90 Å². The normalized spacial score (nSPS) is 14.6. The number of carbonyl (C=O) groups excluding carboxylic acids is 1. The van der Waals surface area contributed by atoms with E-state index in [1.807, 2.05) is 27.7 Å². The molecular formula is C13H23N3O2. The average molecular weight is 253 g/mol. The fraction of sp³-hybridized carbons (Fsp3) is 0.692. The smallest absolute Gasteiger partial charge is 0.272 e. The molecule has 1 rings (SSSR count). The van der Waals surface area contributed by atoms with Crippen LogP contribution in [0.2, 0.25) is 0 Å². The van der Waals surface area contributed by atoms with Crippen molar-refractivity contribution in [3.05, 3.63) is 17.5 Å². The van der Waals surface area contributed by atoms with Gasteiger partial charge in [0, 0.05) is 5.69 Å². The summed E-state index contributed by atoms with van der Waals surface area (Å²) in [7, 11) is 0. The molecule has 0 radical (unpaired) electrons. The van der Waals surface area contributed by atoms with Gasteiger partial charge in [-0.2, -0.15) is 5.10 Å². The van der Waals surface area contributed by atoms with E-state index in [0.29, 0.717) is 11.6 Å². The number of nitrogens with one attached hydrogen (secondary N) is 2. The van der Waals surface area contributed by atoms with Gasteiger partial charge in [0.1, 0.15) is 5.69 Å². The maximum atomic E-state index is 12.0. The van der Waals surface area contributed by atoms with Gasteiger partial charge in [-0.15, -0.1) is 0 Å². The van der Waals surface area contributed by atoms with E-state index >= 15 is 0 Å². The molecule has 0 aliphatic carbocycles. The Morgan fingerprint density at radius 3 is 2.61 bits per heavy atom. The van der Waals surface area contributed by atoms with Crippen molar-refractivity contribution in [3.8, 4) is 0 Å². The second-order valence-electron chi connectivity index (χ2n) is 5.01. The highest BCUT2D eigenvalue weighted by molar-refractivity contribution is 5.92. The van der Waals surface area contributed by atoms with E-state index in [-0.39, 0.29) is 24.5 Å². The highest BCUT2D eigenvalue weighted by atomic mass is 16.3. The molecule has 1 aromatic heterocycles. The molecule has 0 saturated heterocycles. The van der Waals surface area contributed by atoms with E-state index in [0.717, 1.165) is 12.1 Å². The molecule has 3 N–H and O–H groups in total. The third-order valence-corrected chi connectivity index (χ3v) is 3.30. The number of aromatic amines is 1. The van der Waals surface area contributed by atoms with Crippen LogP contribution in [0.5, 0.6) is 0 Å². The molecule has 0 aliphatic rings. The van der Waals surface area contributed by atoms with E-state index in [9.17, 15) is 9.90 Å². The summed E-state index contributed by atoms with van der Waals surface area (Å²) in [4.78, 5) is 12.0. The third kappa shape index (κ3) is 3.57. The van der Waals surface area contributed by atoms with Gasteiger partial charge in [0.2, 0.25) is 0 Å². The van der Waals surface area contributed by atoms with Gasteiger partial charge in [-0.1, -0.05) is 34.1 Å². The standard InChI is InChI=1S/C13H23N3O2/c1-5-9(4)12(7-17)14-13(18)11-6-10(8(2)3)15-16-11/h6,8-9,12,17H,5,7H2,1-4H3,(H,14,18)(H,15,16). The largest absolute Gasteiger partial charge is 0.394 e. The lowest BCUT2D eigenvalue weighted by molar-refractivity contribution is 0.0886. The number of rotatable bonds is 6. The van der Waals surface area contributed by atoms with Crippen molar-refractivity contribution >= 4 is 5.91 Å². The number of amides is 1. The molecule has 0 aliphatic heterocycles. The number of aromatic nitrogens is 2. The van der Waals surface area contributed by atoms with Gasteiger partial charge >= 0.3 is 0 Å². The van der Waals surface area contributed by atoms with Crippen LogP contribution < -0.4 is 5.32 Å². The summed E-state index contributed by atoms with van der Waals surface area (Å²) in [6.45, 7) is 8.05. The van der Waals surface area contributed by atoms with Gasteiger partial charge in [0.15, 0.2) is 0 Å². The minimum absolute atomic E-state index is 0.0534. The fourth-order valence-corrected chi connectivity index (χ4v) is 1.64. The van der Waals surface area contributed by atoms with Crippen LogP contribution in [-0.2, 0) is 0 Å². The van der Waals surface area contributed by atoms with E-state index in [4.69, 9.17) is 0 Å². The van der Waals surface area contributed by atoms with Crippen molar-refractivity contribution in [2.45, 2.75) is 46.1 Å². The lowest BCUT2D eigenvalue weighted by Crippen LogP contribution is -2.42. The fourth-order valence-electron chi connectivity index (χ4n) is 1.64. The first-order valence-electron chi connectivity index (χ1n) is 6.46. The highest BCUT2D eigenvalue weighted by Crippen LogP contribution is 2.13. The molecule has 2 unspecified atom stereocenters. The van der Waals surface area contributed by atoms with Crippen molar-refractivity contribution in [1.29, 1.82) is 0 Å². The zero-order valence-electron chi connectivity index (χ0n) is 11.5. The Hall–Kier alpha value is -1.36. The zero-order chi connectivity index (χ0) is 13.7. The number of H-pyrrole nitrogens is 1. The van der Waals surface area contributed by atoms with Gasteiger partial charge in [0.25, 0.3) is 5.91 Å². The van der Waals surface area contributed by atoms with Gasteiger partial charge in [-0.25, -0.2) is 0 Å². The Bertz CT molecular complexity index is 387. The second-order valence-corrected chi connectivity index (χ2v) is 5.01. The van der Waals surface area contributed by atoms with E-state index in [1.165, 1.54) is 0 Å². The summed E-state index contributed by atoms with van der Waals surface area (Å²) in [5, 5.41) is 18.9. The molecule has 5 nitrogen and oxygen atoms in total. The predicted octanol–water partition coefficient (Wildman–Crippen LogP) is 1.67. The molecule has 1 heterocycles. The number of aliphatic hydroxyl groups excluding tert-OH is 1. The molecule has 0 spiro atoms. The average Bonchev–Trinajstić information content (AvgIpc) is 2.84. The van der Waals surface area contributed by atoms with Crippen LogP contribution >= 0.6 is 0 Å². The van der Waals surface area contributed by atoms with Crippen LogP contribution in [0.25, 0.3) is 0 Å². The summed E-state index contributed by atoms with van der Waals surface area (Å²) >= 11 is 0. The van der Waals surface area contributed by atoms with Gasteiger partial charge < -0.3 is 10.4 Å². The van der Waals surface area contributed by atoms with E-state index in [1.54, 1.807) is 6.07 Å². The molecule has 5 heteroatoms. The Labute approximate surface area is 108 Å². The zero-order valence-corrected chi connectivity index (χ0v) is 11.5. The van der Waals surface area contributed by atoms with Crippen molar-refractivity contribution in [3.63, 3.8) is 0 Å². The lowest BCUT2D eigenvalue weighted by Gasteiger charge is -2.21. The third-order valence-electron chi connectivity index (χ3n) is 3.30. The number of hydrogen-bond donors (Lipinski definition) is 3. The van der Waals surface area contributed by atoms with Crippen LogP contribution in [0.3, 0.4) is 0 Å². The molecular weight excluding hydrogens is 230 g/mol. The Morgan fingerprint density at radius 1 is 1.50 bits per heavy atom. The predicted molar refractivity (Wildman–Crippen MR) is 70.5 cm³/mol. The van der Waals surface area contributed by atoms with Crippen LogP contribution in [0.1, 0.15) is 56.2 Å². The van der Waals surface area contributed by atoms with Crippen LogP contribution in [-0.4, -0.2) is 33.9 Å². The van der Waals surface area contributed by atoms with Crippen molar-refractivity contribution in [2.75, 3.05) is 6.61 Å². The molecule has 0 bridgehead atoms. The van der Waals surface area contributed by atoms with Crippen LogP contribution in [0.15, 0.2) is 6.07 Å². The summed E-state index contributed by atoms with van der Waals surface area (Å²) in [6.07, 6.45) is 0.906. The van der Waals surface area contributed by atoms with Gasteiger partial charge in [-0.3, -0.25) is 9.89 Å². The molecule has 102 valence electrons. The molecule has 1 aromatic rings. The SMILES string of the molecule is CCC(C)C(CO)NC(=O)c1cc(C(C)C)[nH]n1. The second kappa shape index (κ2) is 6.54. The molecule has 0 fully saturated rings.